The van der Waals surface area contributed by atoms with Crippen LogP contribution in [0.1, 0.15) is 17.8 Å². The highest BCUT2D eigenvalue weighted by Crippen LogP contribution is 2.29. The van der Waals surface area contributed by atoms with Crippen molar-refractivity contribution in [3.8, 4) is 0 Å². The zero-order chi connectivity index (χ0) is 14.9. The molecule has 3 rings (SSSR count). The van der Waals surface area contributed by atoms with Crippen molar-refractivity contribution in [2.75, 3.05) is 18.6 Å². The van der Waals surface area contributed by atoms with E-state index in [0.717, 1.165) is 26.7 Å². The van der Waals surface area contributed by atoms with Crippen LogP contribution >= 0.6 is 23.1 Å². The zero-order valence-electron chi connectivity index (χ0n) is 11.9. The van der Waals surface area contributed by atoms with Gasteiger partial charge in [0.05, 0.1) is 16.8 Å². The van der Waals surface area contributed by atoms with Crippen LogP contribution in [0.25, 0.3) is 10.2 Å². The first-order chi connectivity index (χ1) is 10.1. The van der Waals surface area contributed by atoms with Gasteiger partial charge in [0.25, 0.3) is 5.91 Å². The fraction of sp³-hybridized carbons (Fsp3) is 0.467. The highest BCUT2D eigenvalue weighted by Gasteiger charge is 2.39. The van der Waals surface area contributed by atoms with Crippen molar-refractivity contribution < 1.29 is 9.90 Å². The normalized spacial score (nSPS) is 17.8. The number of thiazole rings is 1. The van der Waals surface area contributed by atoms with Gasteiger partial charge in [0, 0.05) is 7.05 Å². The fourth-order valence-electron chi connectivity index (χ4n) is 2.54. The second kappa shape index (κ2) is 5.94. The molecule has 1 aliphatic rings. The van der Waals surface area contributed by atoms with E-state index in [0.29, 0.717) is 19.4 Å². The number of hydrogen-bond donors (Lipinski definition) is 1. The molecular weight excluding hydrogens is 304 g/mol. The number of rotatable bonds is 3. The average Bonchev–Trinajstić information content (AvgIpc) is 2.89. The van der Waals surface area contributed by atoms with E-state index in [9.17, 15) is 9.90 Å². The number of para-hydroxylation sites is 1. The minimum atomic E-state index is -1.18. The monoisotopic (exact) mass is 322 g/mol. The number of carbonyl (C=O) groups is 1. The number of carbonyl (C=O) groups excluding carboxylic acids is 1. The standard InChI is InChI=1S/C15H18N2O2S2/c1-17(14(18)15(19)6-8-20-9-7-15)10-13-16-11-4-2-3-5-12(11)21-13/h2-5,19H,6-10H2,1H3. The highest BCUT2D eigenvalue weighted by atomic mass is 32.2. The van der Waals surface area contributed by atoms with Crippen molar-refractivity contribution in [1.82, 2.24) is 9.88 Å². The van der Waals surface area contributed by atoms with E-state index in [2.05, 4.69) is 4.98 Å². The van der Waals surface area contributed by atoms with Crippen LogP contribution in [-0.4, -0.2) is 45.1 Å². The van der Waals surface area contributed by atoms with Crippen LogP contribution in [0.4, 0.5) is 0 Å². The lowest BCUT2D eigenvalue weighted by atomic mass is 9.95. The maximum absolute atomic E-state index is 12.5. The van der Waals surface area contributed by atoms with Crippen LogP contribution < -0.4 is 0 Å². The van der Waals surface area contributed by atoms with Crippen molar-refractivity contribution in [1.29, 1.82) is 0 Å². The Hall–Kier alpha value is -1.11. The Kier molecular flexibility index (Phi) is 4.19. The molecule has 2 heterocycles. The predicted molar refractivity (Wildman–Crippen MR) is 87.6 cm³/mol. The molecule has 0 bridgehead atoms. The molecular formula is C15H18N2O2S2. The van der Waals surface area contributed by atoms with Gasteiger partial charge in [-0.05, 0) is 36.5 Å². The molecule has 1 N–H and O–H groups in total. The van der Waals surface area contributed by atoms with Crippen molar-refractivity contribution in [3.05, 3.63) is 29.3 Å². The summed E-state index contributed by atoms with van der Waals surface area (Å²) in [4.78, 5) is 18.6. The van der Waals surface area contributed by atoms with E-state index in [1.165, 1.54) is 0 Å². The summed E-state index contributed by atoms with van der Waals surface area (Å²) >= 11 is 3.39. The molecule has 2 aromatic rings. The minimum absolute atomic E-state index is 0.179. The summed E-state index contributed by atoms with van der Waals surface area (Å²) in [5.74, 6) is 1.51. The summed E-state index contributed by atoms with van der Waals surface area (Å²) in [6.07, 6.45) is 1.08. The molecule has 1 aliphatic heterocycles. The van der Waals surface area contributed by atoms with Gasteiger partial charge >= 0.3 is 0 Å². The van der Waals surface area contributed by atoms with Gasteiger partial charge in [0.15, 0.2) is 0 Å². The minimum Gasteiger partial charge on any atom is -0.380 e. The number of likely N-dealkylation sites (N-methyl/N-ethyl adjacent to an activating group) is 1. The third-order valence-corrected chi connectivity index (χ3v) is 5.78. The number of nitrogens with zero attached hydrogens (tertiary/aromatic N) is 2. The third-order valence-electron chi connectivity index (χ3n) is 3.78. The lowest BCUT2D eigenvalue weighted by molar-refractivity contribution is -0.151. The van der Waals surface area contributed by atoms with Gasteiger partial charge in [-0.3, -0.25) is 4.79 Å². The van der Waals surface area contributed by atoms with Gasteiger partial charge in [-0.25, -0.2) is 4.98 Å². The van der Waals surface area contributed by atoms with Crippen molar-refractivity contribution in [2.45, 2.75) is 25.0 Å². The Morgan fingerprint density at radius 1 is 1.38 bits per heavy atom. The van der Waals surface area contributed by atoms with E-state index < -0.39 is 5.60 Å². The van der Waals surface area contributed by atoms with E-state index in [1.807, 2.05) is 24.3 Å². The smallest absolute Gasteiger partial charge is 0.254 e. The van der Waals surface area contributed by atoms with E-state index in [4.69, 9.17) is 0 Å². The molecule has 0 saturated carbocycles. The van der Waals surface area contributed by atoms with Crippen molar-refractivity contribution in [2.24, 2.45) is 0 Å². The molecule has 0 aliphatic carbocycles. The first kappa shape index (κ1) is 14.8. The Morgan fingerprint density at radius 2 is 2.10 bits per heavy atom. The molecule has 1 amide bonds. The van der Waals surface area contributed by atoms with Crippen molar-refractivity contribution >= 4 is 39.2 Å². The molecule has 1 saturated heterocycles. The van der Waals surface area contributed by atoms with Crippen LogP contribution in [0.15, 0.2) is 24.3 Å². The Morgan fingerprint density at radius 3 is 2.81 bits per heavy atom. The summed E-state index contributed by atoms with van der Waals surface area (Å²) in [5, 5.41) is 11.4. The Bertz CT molecular complexity index is 617. The summed E-state index contributed by atoms with van der Waals surface area (Å²) in [5.41, 5.74) is -0.220. The molecule has 0 unspecified atom stereocenters. The quantitative estimate of drug-likeness (QED) is 0.943. The summed E-state index contributed by atoms with van der Waals surface area (Å²) < 4.78 is 1.13. The van der Waals surface area contributed by atoms with Crippen LogP contribution in [0, 0.1) is 0 Å². The molecule has 0 spiro atoms. The number of benzene rings is 1. The number of amides is 1. The zero-order valence-corrected chi connectivity index (χ0v) is 13.5. The SMILES string of the molecule is CN(Cc1nc2ccccc2s1)C(=O)C1(O)CCSCC1. The van der Waals surface area contributed by atoms with E-state index in [1.54, 1.807) is 35.0 Å². The van der Waals surface area contributed by atoms with Gasteiger partial charge < -0.3 is 10.0 Å². The number of hydrogen-bond acceptors (Lipinski definition) is 5. The fourth-order valence-corrected chi connectivity index (χ4v) is 4.73. The maximum atomic E-state index is 12.5. The third kappa shape index (κ3) is 3.07. The second-order valence-corrected chi connectivity index (χ2v) is 7.72. The van der Waals surface area contributed by atoms with Gasteiger partial charge in [-0.1, -0.05) is 12.1 Å². The lowest BCUT2D eigenvalue weighted by Gasteiger charge is -2.33. The first-order valence-electron chi connectivity index (χ1n) is 6.99. The van der Waals surface area contributed by atoms with Gasteiger partial charge in [0.2, 0.25) is 0 Å². The topological polar surface area (TPSA) is 53.4 Å². The van der Waals surface area contributed by atoms with Crippen LogP contribution in [0.2, 0.25) is 0 Å². The summed E-state index contributed by atoms with van der Waals surface area (Å²) in [7, 11) is 1.74. The van der Waals surface area contributed by atoms with E-state index >= 15 is 0 Å². The molecule has 0 radical (unpaired) electrons. The Labute approximate surface area is 132 Å². The number of thioether (sulfide) groups is 1. The molecule has 1 aromatic carbocycles. The molecule has 0 atom stereocenters. The second-order valence-electron chi connectivity index (χ2n) is 5.38. The van der Waals surface area contributed by atoms with Gasteiger partial charge in [-0.15, -0.1) is 11.3 Å². The maximum Gasteiger partial charge on any atom is 0.254 e. The van der Waals surface area contributed by atoms with Gasteiger partial charge in [0.1, 0.15) is 10.6 Å². The number of aliphatic hydroxyl groups is 1. The molecule has 112 valence electrons. The van der Waals surface area contributed by atoms with Crippen LogP contribution in [0.5, 0.6) is 0 Å². The summed E-state index contributed by atoms with van der Waals surface area (Å²) in [6.45, 7) is 0.452. The molecule has 6 heteroatoms. The predicted octanol–water partition coefficient (Wildman–Crippen LogP) is 2.51. The van der Waals surface area contributed by atoms with Crippen molar-refractivity contribution in [3.63, 3.8) is 0 Å². The number of fused-ring (bicyclic) bond motifs is 1. The molecule has 1 fully saturated rings. The first-order valence-corrected chi connectivity index (χ1v) is 8.96. The molecule has 21 heavy (non-hydrogen) atoms. The highest BCUT2D eigenvalue weighted by molar-refractivity contribution is 7.99. The molecule has 1 aromatic heterocycles. The van der Waals surface area contributed by atoms with Gasteiger partial charge in [-0.2, -0.15) is 11.8 Å². The number of aromatic nitrogens is 1. The summed E-state index contributed by atoms with van der Waals surface area (Å²) in [6, 6.07) is 7.96. The Balaban J connectivity index is 1.73. The van der Waals surface area contributed by atoms with Crippen LogP contribution in [0.3, 0.4) is 0 Å². The molecule has 4 nitrogen and oxygen atoms in total. The lowest BCUT2D eigenvalue weighted by Crippen LogP contribution is -2.49. The average molecular weight is 322 g/mol. The van der Waals surface area contributed by atoms with Crippen LogP contribution in [-0.2, 0) is 11.3 Å². The largest absolute Gasteiger partial charge is 0.380 e. The van der Waals surface area contributed by atoms with E-state index in [-0.39, 0.29) is 5.91 Å².